The highest BCUT2D eigenvalue weighted by molar-refractivity contribution is 5.52. The summed E-state index contributed by atoms with van der Waals surface area (Å²) in [7, 11) is 1.67. The third kappa shape index (κ3) is 4.87. The maximum atomic E-state index is 12.1. The molecular weight excluding hydrogens is 277 g/mol. The van der Waals surface area contributed by atoms with Crippen LogP contribution in [0.15, 0.2) is 18.2 Å². The van der Waals surface area contributed by atoms with Gasteiger partial charge in [-0.2, -0.15) is 0 Å². The molecule has 0 aromatic heterocycles. The van der Waals surface area contributed by atoms with E-state index in [1.807, 2.05) is 0 Å². The standard InChI is InChI=1S/C12H17F3N2O3/c1-17-5-4-10(18)11(19)8-6-7(2-3-9(8)16)20-12(13,14)15/h2-3,6,10-11,17-19H,4-5,16H2,1H3. The fraction of sp³-hybridized carbons (Fsp3) is 0.500. The number of anilines is 1. The molecule has 0 saturated carbocycles. The minimum absolute atomic E-state index is 0.00430. The van der Waals surface area contributed by atoms with Crippen molar-refractivity contribution in [1.29, 1.82) is 0 Å². The molecule has 1 aromatic carbocycles. The number of halogens is 3. The van der Waals surface area contributed by atoms with Gasteiger partial charge >= 0.3 is 6.36 Å². The Balaban J connectivity index is 2.90. The topological polar surface area (TPSA) is 87.7 Å². The molecule has 0 bridgehead atoms. The molecule has 5 nitrogen and oxygen atoms in total. The van der Waals surface area contributed by atoms with E-state index >= 15 is 0 Å². The lowest BCUT2D eigenvalue weighted by molar-refractivity contribution is -0.274. The highest BCUT2D eigenvalue weighted by Gasteiger charge is 2.31. The van der Waals surface area contributed by atoms with Crippen molar-refractivity contribution in [1.82, 2.24) is 5.32 Å². The zero-order chi connectivity index (χ0) is 15.3. The first kappa shape index (κ1) is 16.5. The monoisotopic (exact) mass is 294 g/mol. The molecule has 114 valence electrons. The fourth-order valence-electron chi connectivity index (χ4n) is 1.66. The summed E-state index contributed by atoms with van der Waals surface area (Å²) in [5.74, 6) is -0.499. The second kappa shape index (κ2) is 6.78. The van der Waals surface area contributed by atoms with E-state index in [0.29, 0.717) is 6.54 Å². The Bertz CT molecular complexity index is 440. The van der Waals surface area contributed by atoms with Crippen LogP contribution in [0.3, 0.4) is 0 Å². The van der Waals surface area contributed by atoms with Crippen LogP contribution in [0.2, 0.25) is 0 Å². The Morgan fingerprint density at radius 2 is 2.00 bits per heavy atom. The summed E-state index contributed by atoms with van der Waals surface area (Å²) in [6.07, 6.45) is -7.14. The summed E-state index contributed by atoms with van der Waals surface area (Å²) < 4.78 is 40.1. The van der Waals surface area contributed by atoms with Crippen molar-refractivity contribution >= 4 is 5.69 Å². The molecule has 0 radical (unpaired) electrons. The summed E-state index contributed by atoms with van der Waals surface area (Å²) >= 11 is 0. The van der Waals surface area contributed by atoms with Gasteiger partial charge in [-0.05, 0) is 38.2 Å². The van der Waals surface area contributed by atoms with Crippen LogP contribution in [0, 0.1) is 0 Å². The van der Waals surface area contributed by atoms with E-state index in [9.17, 15) is 23.4 Å². The Morgan fingerprint density at radius 1 is 1.35 bits per heavy atom. The van der Waals surface area contributed by atoms with Crippen molar-refractivity contribution in [3.63, 3.8) is 0 Å². The number of aliphatic hydroxyl groups excluding tert-OH is 2. The Hall–Kier alpha value is -1.51. The second-order valence-corrected chi connectivity index (χ2v) is 4.24. The molecule has 5 N–H and O–H groups in total. The number of rotatable bonds is 6. The highest BCUT2D eigenvalue weighted by atomic mass is 19.4. The lowest BCUT2D eigenvalue weighted by atomic mass is 10.00. The number of hydrogen-bond donors (Lipinski definition) is 4. The van der Waals surface area contributed by atoms with Crippen molar-refractivity contribution in [2.75, 3.05) is 19.3 Å². The Morgan fingerprint density at radius 3 is 2.55 bits per heavy atom. The van der Waals surface area contributed by atoms with Crippen molar-refractivity contribution in [2.45, 2.75) is 25.0 Å². The molecule has 1 rings (SSSR count). The average Bonchev–Trinajstić information content (AvgIpc) is 2.35. The number of aliphatic hydroxyl groups is 2. The molecule has 0 amide bonds. The van der Waals surface area contributed by atoms with Gasteiger partial charge in [-0.15, -0.1) is 13.2 Å². The van der Waals surface area contributed by atoms with Gasteiger partial charge in [0.15, 0.2) is 0 Å². The lowest BCUT2D eigenvalue weighted by Crippen LogP contribution is -2.24. The minimum Gasteiger partial charge on any atom is -0.406 e. The third-order valence-electron chi connectivity index (χ3n) is 2.67. The van der Waals surface area contributed by atoms with Crippen LogP contribution in [-0.2, 0) is 0 Å². The molecular formula is C12H17F3N2O3. The van der Waals surface area contributed by atoms with E-state index in [1.54, 1.807) is 7.05 Å². The van der Waals surface area contributed by atoms with Gasteiger partial charge in [0.25, 0.3) is 0 Å². The lowest BCUT2D eigenvalue weighted by Gasteiger charge is -2.20. The number of nitrogen functional groups attached to an aromatic ring is 1. The molecule has 2 atom stereocenters. The maximum Gasteiger partial charge on any atom is 0.573 e. The predicted octanol–water partition coefficient (Wildman–Crippen LogP) is 1.17. The molecule has 0 fully saturated rings. The van der Waals surface area contributed by atoms with Gasteiger partial charge in [0.05, 0.1) is 6.10 Å². The molecule has 0 aliphatic rings. The molecule has 0 aliphatic carbocycles. The molecule has 0 spiro atoms. The van der Waals surface area contributed by atoms with Crippen LogP contribution < -0.4 is 15.8 Å². The third-order valence-corrected chi connectivity index (χ3v) is 2.67. The maximum absolute atomic E-state index is 12.1. The normalized spacial score (nSPS) is 14.9. The number of ether oxygens (including phenoxy) is 1. The van der Waals surface area contributed by atoms with Crippen LogP contribution in [0.1, 0.15) is 18.1 Å². The summed E-state index contributed by atoms with van der Waals surface area (Å²) in [4.78, 5) is 0. The largest absolute Gasteiger partial charge is 0.573 e. The quantitative estimate of drug-likeness (QED) is 0.592. The fourth-order valence-corrected chi connectivity index (χ4v) is 1.66. The van der Waals surface area contributed by atoms with E-state index in [4.69, 9.17) is 5.73 Å². The highest BCUT2D eigenvalue weighted by Crippen LogP contribution is 2.31. The summed E-state index contributed by atoms with van der Waals surface area (Å²) in [6, 6.07) is 3.19. The molecule has 1 aromatic rings. The first-order valence-electron chi connectivity index (χ1n) is 5.90. The van der Waals surface area contributed by atoms with Crippen LogP contribution in [0.4, 0.5) is 18.9 Å². The van der Waals surface area contributed by atoms with Gasteiger partial charge < -0.3 is 26.0 Å². The molecule has 0 heterocycles. The summed E-state index contributed by atoms with van der Waals surface area (Å²) in [6.45, 7) is 0.441. The zero-order valence-electron chi connectivity index (χ0n) is 10.8. The van der Waals surface area contributed by atoms with Crippen LogP contribution in [0.25, 0.3) is 0 Å². The van der Waals surface area contributed by atoms with E-state index in [1.165, 1.54) is 6.07 Å². The number of hydrogen-bond acceptors (Lipinski definition) is 5. The molecule has 2 unspecified atom stereocenters. The average molecular weight is 294 g/mol. The SMILES string of the molecule is CNCCC(O)C(O)c1cc(OC(F)(F)F)ccc1N. The van der Waals surface area contributed by atoms with Crippen molar-refractivity contribution in [2.24, 2.45) is 0 Å². The molecule has 0 aliphatic heterocycles. The predicted molar refractivity (Wildman–Crippen MR) is 67.0 cm³/mol. The smallest absolute Gasteiger partial charge is 0.406 e. The Labute approximate surface area is 114 Å². The van der Waals surface area contributed by atoms with Crippen molar-refractivity contribution in [3.8, 4) is 5.75 Å². The first-order chi connectivity index (χ1) is 9.24. The van der Waals surface area contributed by atoms with Gasteiger partial charge in [-0.3, -0.25) is 0 Å². The van der Waals surface area contributed by atoms with Crippen LogP contribution in [0.5, 0.6) is 5.75 Å². The molecule has 8 heteroatoms. The van der Waals surface area contributed by atoms with Crippen LogP contribution in [-0.4, -0.2) is 36.3 Å². The molecule has 20 heavy (non-hydrogen) atoms. The molecule has 0 saturated heterocycles. The van der Waals surface area contributed by atoms with Gasteiger partial charge in [-0.25, -0.2) is 0 Å². The zero-order valence-corrected chi connectivity index (χ0v) is 10.8. The van der Waals surface area contributed by atoms with Gasteiger partial charge in [-0.1, -0.05) is 0 Å². The van der Waals surface area contributed by atoms with E-state index in [-0.39, 0.29) is 17.7 Å². The van der Waals surface area contributed by atoms with Crippen LogP contribution >= 0.6 is 0 Å². The van der Waals surface area contributed by atoms with Gasteiger partial charge in [0, 0.05) is 11.3 Å². The van der Waals surface area contributed by atoms with Gasteiger partial charge in [0.1, 0.15) is 11.9 Å². The number of benzene rings is 1. The first-order valence-corrected chi connectivity index (χ1v) is 5.90. The van der Waals surface area contributed by atoms with Gasteiger partial charge in [0.2, 0.25) is 0 Å². The summed E-state index contributed by atoms with van der Waals surface area (Å²) in [5.41, 5.74) is 5.67. The Kier molecular flexibility index (Phi) is 5.61. The summed E-state index contributed by atoms with van der Waals surface area (Å²) in [5, 5.41) is 22.5. The van der Waals surface area contributed by atoms with E-state index in [0.717, 1.165) is 12.1 Å². The second-order valence-electron chi connectivity index (χ2n) is 4.24. The van der Waals surface area contributed by atoms with Crippen molar-refractivity contribution in [3.05, 3.63) is 23.8 Å². The van der Waals surface area contributed by atoms with Crippen molar-refractivity contribution < 1.29 is 28.1 Å². The van der Waals surface area contributed by atoms with E-state index < -0.39 is 24.3 Å². The number of nitrogens with one attached hydrogen (secondary N) is 1. The number of alkyl halides is 3. The minimum atomic E-state index is -4.83. The van der Waals surface area contributed by atoms with E-state index in [2.05, 4.69) is 10.1 Å². The number of nitrogens with two attached hydrogens (primary N) is 1.